The molecule has 1 aromatic heterocycles. The molecule has 0 aliphatic carbocycles. The minimum absolute atomic E-state index is 0.132. The van der Waals surface area contributed by atoms with E-state index in [1.165, 1.54) is 5.56 Å². The van der Waals surface area contributed by atoms with Gasteiger partial charge < -0.3 is 20.1 Å². The number of carbonyl (C=O) groups excluding carboxylic acids is 2. The van der Waals surface area contributed by atoms with Gasteiger partial charge in [0, 0.05) is 19.3 Å². The molecule has 2 aliphatic rings. The van der Waals surface area contributed by atoms with Crippen LogP contribution in [0.1, 0.15) is 48.0 Å². The summed E-state index contributed by atoms with van der Waals surface area (Å²) >= 11 is 0. The van der Waals surface area contributed by atoms with Crippen LogP contribution in [0.25, 0.3) is 0 Å². The molecule has 1 fully saturated rings. The van der Waals surface area contributed by atoms with E-state index in [1.54, 1.807) is 23.2 Å². The van der Waals surface area contributed by atoms with Crippen LogP contribution in [0.15, 0.2) is 42.6 Å². The number of piperidine rings is 1. The Balaban J connectivity index is 1.43. The maximum atomic E-state index is 13.0. The second-order valence-electron chi connectivity index (χ2n) is 8.31. The lowest BCUT2D eigenvalue weighted by molar-refractivity contribution is -0.160. The van der Waals surface area contributed by atoms with Gasteiger partial charge >= 0.3 is 5.97 Å². The number of hydrogen-bond donors (Lipinski definition) is 1. The molecule has 1 spiro atoms. The monoisotopic (exact) mass is 423 g/mol. The molecule has 31 heavy (non-hydrogen) atoms. The molecule has 0 radical (unpaired) electrons. The molecule has 2 aliphatic heterocycles. The van der Waals surface area contributed by atoms with E-state index in [9.17, 15) is 9.59 Å². The number of ether oxygens (including phenoxy) is 2. The van der Waals surface area contributed by atoms with Gasteiger partial charge in [-0.15, -0.1) is 0 Å². The molecule has 0 atom stereocenters. The van der Waals surface area contributed by atoms with Crippen molar-refractivity contribution in [1.82, 2.24) is 9.88 Å². The van der Waals surface area contributed by atoms with E-state index in [4.69, 9.17) is 15.2 Å². The number of carbonyl (C=O) groups is 2. The lowest BCUT2D eigenvalue weighted by atomic mass is 9.74. The molecular weight excluding hydrogens is 394 g/mol. The molecule has 1 amide bonds. The summed E-state index contributed by atoms with van der Waals surface area (Å²) in [5.41, 5.74) is 6.93. The summed E-state index contributed by atoms with van der Waals surface area (Å²) in [6.07, 6.45) is 6.35. The van der Waals surface area contributed by atoms with Crippen LogP contribution >= 0.6 is 0 Å². The van der Waals surface area contributed by atoms with E-state index in [0.717, 1.165) is 31.4 Å². The first-order valence-electron chi connectivity index (χ1n) is 11.0. The van der Waals surface area contributed by atoms with Gasteiger partial charge in [-0.3, -0.25) is 9.59 Å². The highest BCUT2D eigenvalue weighted by molar-refractivity contribution is 5.98. The molecule has 1 aromatic carbocycles. The largest absolute Gasteiger partial charge is 0.490 e. The van der Waals surface area contributed by atoms with Gasteiger partial charge in [0.25, 0.3) is 5.91 Å². The molecule has 1 saturated heterocycles. The first-order chi connectivity index (χ1) is 15.1. The van der Waals surface area contributed by atoms with Crippen molar-refractivity contribution in [2.75, 3.05) is 32.0 Å². The molecule has 3 heterocycles. The number of para-hydroxylation sites is 1. The van der Waals surface area contributed by atoms with Crippen LogP contribution in [-0.4, -0.2) is 48.1 Å². The van der Waals surface area contributed by atoms with Crippen LogP contribution < -0.4 is 10.5 Å². The van der Waals surface area contributed by atoms with Crippen LogP contribution in [-0.2, 0) is 16.0 Å². The van der Waals surface area contributed by atoms with Gasteiger partial charge in [0.1, 0.15) is 24.8 Å². The number of anilines is 1. The maximum Gasteiger partial charge on any atom is 0.312 e. The van der Waals surface area contributed by atoms with Gasteiger partial charge in [0.2, 0.25) is 0 Å². The number of nitrogen functional groups attached to an aromatic ring is 1. The third kappa shape index (κ3) is 4.65. The summed E-state index contributed by atoms with van der Waals surface area (Å²) in [6.45, 7) is 1.57. The number of benzene rings is 1. The van der Waals surface area contributed by atoms with Gasteiger partial charge in [0.05, 0.1) is 11.0 Å². The van der Waals surface area contributed by atoms with Crippen molar-refractivity contribution in [3.05, 3.63) is 53.7 Å². The lowest BCUT2D eigenvalue weighted by Crippen LogP contribution is -2.47. The van der Waals surface area contributed by atoms with Crippen LogP contribution in [0, 0.1) is 5.41 Å². The number of fused-ring (bicyclic) bond motifs is 1. The second-order valence-corrected chi connectivity index (χ2v) is 8.31. The van der Waals surface area contributed by atoms with Gasteiger partial charge in [-0.2, -0.15) is 0 Å². The molecule has 164 valence electrons. The highest BCUT2D eigenvalue weighted by Crippen LogP contribution is 2.39. The molecule has 4 rings (SSSR count). The summed E-state index contributed by atoms with van der Waals surface area (Å²) < 4.78 is 11.5. The number of hydrogen-bond acceptors (Lipinski definition) is 6. The van der Waals surface area contributed by atoms with Gasteiger partial charge in [-0.1, -0.05) is 24.6 Å². The van der Waals surface area contributed by atoms with Crippen molar-refractivity contribution in [2.45, 2.75) is 38.5 Å². The Morgan fingerprint density at radius 3 is 2.58 bits per heavy atom. The summed E-state index contributed by atoms with van der Waals surface area (Å²) in [7, 11) is 0. The normalized spacial score (nSPS) is 19.4. The fourth-order valence-electron chi connectivity index (χ4n) is 4.53. The Morgan fingerprint density at radius 1 is 1.00 bits per heavy atom. The van der Waals surface area contributed by atoms with Crippen molar-refractivity contribution in [1.29, 1.82) is 0 Å². The smallest absolute Gasteiger partial charge is 0.312 e. The van der Waals surface area contributed by atoms with Crippen LogP contribution in [0.2, 0.25) is 0 Å². The quantitative estimate of drug-likeness (QED) is 0.708. The van der Waals surface area contributed by atoms with E-state index >= 15 is 0 Å². The molecule has 7 heteroatoms. The Kier molecular flexibility index (Phi) is 6.39. The van der Waals surface area contributed by atoms with Gasteiger partial charge in [-0.05, 0) is 55.9 Å². The number of pyridine rings is 1. The number of rotatable bonds is 1. The number of nitrogens with zero attached hydrogens (tertiary/aromatic N) is 2. The average Bonchev–Trinajstić information content (AvgIpc) is 2.80. The first kappa shape index (κ1) is 21.2. The number of nitrogens with two attached hydrogens (primary N) is 1. The SMILES string of the molecule is Nc1ncccc1C(=O)N1CCC2(CCCCc3ccccc3OCCOC2=O)CC1. The molecular formula is C24H29N3O4. The number of aryl methyl sites for hydroxylation is 1. The van der Waals surface area contributed by atoms with Crippen molar-refractivity contribution < 1.29 is 19.1 Å². The minimum Gasteiger partial charge on any atom is -0.490 e. The van der Waals surface area contributed by atoms with E-state index in [1.807, 2.05) is 18.2 Å². The predicted octanol–water partition coefficient (Wildman–Crippen LogP) is 3.23. The lowest BCUT2D eigenvalue weighted by Gasteiger charge is -2.40. The van der Waals surface area contributed by atoms with Crippen molar-refractivity contribution in [3.8, 4) is 5.75 Å². The standard InChI is InChI=1S/C24H29N3O4/c25-21-19(8-5-13-26-21)22(28)27-14-11-24(12-15-27)10-4-3-7-18-6-1-2-9-20(18)30-16-17-31-23(24)29/h1-2,5-6,8-9,13H,3-4,7,10-12,14-17H2,(H2,25,26). The number of amides is 1. The summed E-state index contributed by atoms with van der Waals surface area (Å²) in [6, 6.07) is 11.4. The Bertz CT molecular complexity index is 938. The van der Waals surface area contributed by atoms with Crippen LogP contribution in [0.4, 0.5) is 5.82 Å². The Labute approximate surface area is 182 Å². The Morgan fingerprint density at radius 2 is 1.77 bits per heavy atom. The fraction of sp³-hybridized carbons (Fsp3) is 0.458. The van der Waals surface area contributed by atoms with Crippen molar-refractivity contribution >= 4 is 17.7 Å². The van der Waals surface area contributed by atoms with Crippen LogP contribution in [0.3, 0.4) is 0 Å². The number of esters is 1. The average molecular weight is 424 g/mol. The zero-order valence-corrected chi connectivity index (χ0v) is 17.7. The highest BCUT2D eigenvalue weighted by Gasteiger charge is 2.43. The minimum atomic E-state index is -0.546. The zero-order valence-electron chi connectivity index (χ0n) is 17.7. The van der Waals surface area contributed by atoms with Crippen LogP contribution in [0.5, 0.6) is 5.75 Å². The zero-order chi connectivity index (χ0) is 21.7. The van der Waals surface area contributed by atoms with E-state index in [2.05, 4.69) is 11.1 Å². The first-order valence-corrected chi connectivity index (χ1v) is 11.0. The summed E-state index contributed by atoms with van der Waals surface area (Å²) in [5.74, 6) is 0.804. The number of likely N-dealkylation sites (tertiary alicyclic amines) is 1. The predicted molar refractivity (Wildman–Crippen MR) is 117 cm³/mol. The second kappa shape index (κ2) is 9.37. The highest BCUT2D eigenvalue weighted by atomic mass is 16.6. The summed E-state index contributed by atoms with van der Waals surface area (Å²) in [4.78, 5) is 31.7. The molecule has 2 aromatic rings. The van der Waals surface area contributed by atoms with Gasteiger partial charge in [0.15, 0.2) is 0 Å². The van der Waals surface area contributed by atoms with E-state index in [0.29, 0.717) is 38.1 Å². The Hall–Kier alpha value is -3.09. The third-order valence-electron chi connectivity index (χ3n) is 6.41. The number of cyclic esters (lactones) is 1. The molecule has 7 nitrogen and oxygen atoms in total. The molecule has 0 saturated carbocycles. The maximum absolute atomic E-state index is 13.0. The van der Waals surface area contributed by atoms with Crippen molar-refractivity contribution in [3.63, 3.8) is 0 Å². The summed E-state index contributed by atoms with van der Waals surface area (Å²) in [5, 5.41) is 0. The van der Waals surface area contributed by atoms with E-state index < -0.39 is 5.41 Å². The van der Waals surface area contributed by atoms with Crippen molar-refractivity contribution in [2.24, 2.45) is 5.41 Å². The third-order valence-corrected chi connectivity index (χ3v) is 6.41. The van der Waals surface area contributed by atoms with Gasteiger partial charge in [-0.25, -0.2) is 4.98 Å². The topological polar surface area (TPSA) is 94.8 Å². The molecule has 2 N–H and O–H groups in total. The number of aromatic nitrogens is 1. The molecule has 0 bridgehead atoms. The fourth-order valence-corrected chi connectivity index (χ4v) is 4.53. The molecule has 0 unspecified atom stereocenters. The van der Waals surface area contributed by atoms with E-state index in [-0.39, 0.29) is 24.3 Å².